The second-order valence-corrected chi connectivity index (χ2v) is 4.48. The van der Waals surface area contributed by atoms with Gasteiger partial charge < -0.3 is 10.5 Å². The summed E-state index contributed by atoms with van der Waals surface area (Å²) in [6.07, 6.45) is 4.27. The number of rotatable bonds is 5. The standard InChI is InChI=1S/C13H16ClN3O/c1-18-13-3-2-10(4-5-15)6-11(13)8-17-9-12(14)7-16-17/h2-3,6-7,9H,4-5,8,15H2,1H3. The maximum absolute atomic E-state index is 5.85. The zero-order chi connectivity index (χ0) is 13.0. The van der Waals surface area contributed by atoms with Gasteiger partial charge in [-0.25, -0.2) is 0 Å². The summed E-state index contributed by atoms with van der Waals surface area (Å²) < 4.78 is 7.14. The van der Waals surface area contributed by atoms with E-state index >= 15 is 0 Å². The SMILES string of the molecule is COc1ccc(CCN)cc1Cn1cc(Cl)cn1. The van der Waals surface area contributed by atoms with Gasteiger partial charge in [-0.1, -0.05) is 23.7 Å². The molecule has 2 N–H and O–H groups in total. The average Bonchev–Trinajstić information content (AvgIpc) is 2.76. The van der Waals surface area contributed by atoms with E-state index in [2.05, 4.69) is 11.2 Å². The van der Waals surface area contributed by atoms with E-state index in [0.29, 0.717) is 18.1 Å². The quantitative estimate of drug-likeness (QED) is 0.901. The van der Waals surface area contributed by atoms with E-state index in [0.717, 1.165) is 17.7 Å². The predicted molar refractivity (Wildman–Crippen MR) is 72.1 cm³/mol. The van der Waals surface area contributed by atoms with Crippen LogP contribution in [0.15, 0.2) is 30.6 Å². The lowest BCUT2D eigenvalue weighted by Gasteiger charge is -2.10. The number of hydrogen-bond donors (Lipinski definition) is 1. The van der Waals surface area contributed by atoms with Crippen LogP contribution in [0.3, 0.4) is 0 Å². The fraction of sp³-hybridized carbons (Fsp3) is 0.308. The van der Waals surface area contributed by atoms with Crippen molar-refractivity contribution in [3.05, 3.63) is 46.7 Å². The summed E-state index contributed by atoms with van der Waals surface area (Å²) in [6, 6.07) is 6.10. The third-order valence-corrected chi connectivity index (χ3v) is 2.91. The topological polar surface area (TPSA) is 53.1 Å². The Hall–Kier alpha value is -1.52. The number of halogens is 1. The van der Waals surface area contributed by atoms with E-state index in [-0.39, 0.29) is 0 Å². The summed E-state index contributed by atoms with van der Waals surface area (Å²) in [7, 11) is 1.66. The van der Waals surface area contributed by atoms with Gasteiger partial charge in [0.15, 0.2) is 0 Å². The van der Waals surface area contributed by atoms with Gasteiger partial charge in [0.05, 0.1) is 24.9 Å². The molecule has 0 aliphatic rings. The molecule has 18 heavy (non-hydrogen) atoms. The normalized spacial score (nSPS) is 10.6. The second kappa shape index (κ2) is 5.89. The second-order valence-electron chi connectivity index (χ2n) is 4.04. The Kier molecular flexibility index (Phi) is 4.23. The summed E-state index contributed by atoms with van der Waals surface area (Å²) in [5.41, 5.74) is 7.84. The first kappa shape index (κ1) is 12.9. The van der Waals surface area contributed by atoms with Crippen molar-refractivity contribution in [2.45, 2.75) is 13.0 Å². The molecule has 0 fully saturated rings. The highest BCUT2D eigenvalue weighted by atomic mass is 35.5. The summed E-state index contributed by atoms with van der Waals surface area (Å²) in [5, 5.41) is 4.80. The van der Waals surface area contributed by atoms with Crippen molar-refractivity contribution >= 4 is 11.6 Å². The van der Waals surface area contributed by atoms with Crippen LogP contribution < -0.4 is 10.5 Å². The average molecular weight is 266 g/mol. The Labute approximate surface area is 111 Å². The van der Waals surface area contributed by atoms with Crippen LogP contribution in [-0.4, -0.2) is 23.4 Å². The first-order chi connectivity index (χ1) is 8.72. The molecule has 4 nitrogen and oxygen atoms in total. The molecule has 0 radical (unpaired) electrons. The molecule has 0 atom stereocenters. The minimum atomic E-state index is 0.632. The van der Waals surface area contributed by atoms with Crippen LogP contribution in [0, 0.1) is 0 Å². The number of methoxy groups -OCH3 is 1. The van der Waals surface area contributed by atoms with Gasteiger partial charge in [0, 0.05) is 11.8 Å². The maximum Gasteiger partial charge on any atom is 0.123 e. The van der Waals surface area contributed by atoms with Gasteiger partial charge >= 0.3 is 0 Å². The van der Waals surface area contributed by atoms with Crippen molar-refractivity contribution in [1.29, 1.82) is 0 Å². The fourth-order valence-corrected chi connectivity index (χ4v) is 2.03. The fourth-order valence-electron chi connectivity index (χ4n) is 1.88. The maximum atomic E-state index is 5.85. The van der Waals surface area contributed by atoms with Crippen LogP contribution in [0.4, 0.5) is 0 Å². The molecular weight excluding hydrogens is 250 g/mol. The lowest BCUT2D eigenvalue weighted by atomic mass is 10.1. The predicted octanol–water partition coefficient (Wildman–Crippen LogP) is 2.09. The zero-order valence-electron chi connectivity index (χ0n) is 10.3. The lowest BCUT2D eigenvalue weighted by molar-refractivity contribution is 0.407. The summed E-state index contributed by atoms with van der Waals surface area (Å²) in [5.74, 6) is 0.849. The van der Waals surface area contributed by atoms with Crippen LogP contribution in [0.1, 0.15) is 11.1 Å². The highest BCUT2D eigenvalue weighted by Gasteiger charge is 2.06. The minimum absolute atomic E-state index is 0.632. The molecule has 96 valence electrons. The monoisotopic (exact) mass is 265 g/mol. The smallest absolute Gasteiger partial charge is 0.123 e. The highest BCUT2D eigenvalue weighted by molar-refractivity contribution is 6.30. The molecule has 1 heterocycles. The molecule has 2 rings (SSSR count). The molecule has 0 unspecified atom stereocenters. The van der Waals surface area contributed by atoms with E-state index < -0.39 is 0 Å². The van der Waals surface area contributed by atoms with Crippen LogP contribution in [0.2, 0.25) is 5.02 Å². The van der Waals surface area contributed by atoms with E-state index in [1.165, 1.54) is 5.56 Å². The van der Waals surface area contributed by atoms with Crippen LogP contribution >= 0.6 is 11.6 Å². The molecule has 0 saturated heterocycles. The molecule has 5 heteroatoms. The molecular formula is C13H16ClN3O. The number of nitrogens with zero attached hydrogens (tertiary/aromatic N) is 2. The first-order valence-electron chi connectivity index (χ1n) is 5.76. The van der Waals surface area contributed by atoms with Crippen LogP contribution in [0.5, 0.6) is 5.75 Å². The van der Waals surface area contributed by atoms with Gasteiger partial charge in [-0.3, -0.25) is 4.68 Å². The molecule has 0 aliphatic heterocycles. The number of benzene rings is 1. The van der Waals surface area contributed by atoms with Gasteiger partial charge in [-0.05, 0) is 24.6 Å². The number of aromatic nitrogens is 2. The first-order valence-corrected chi connectivity index (χ1v) is 6.14. The lowest BCUT2D eigenvalue weighted by Crippen LogP contribution is -2.06. The van der Waals surface area contributed by atoms with Gasteiger partial charge in [-0.2, -0.15) is 5.10 Å². The zero-order valence-corrected chi connectivity index (χ0v) is 11.0. The Morgan fingerprint density at radius 2 is 2.28 bits per heavy atom. The van der Waals surface area contributed by atoms with Gasteiger partial charge in [-0.15, -0.1) is 0 Å². The number of nitrogens with two attached hydrogens (primary N) is 1. The van der Waals surface area contributed by atoms with E-state index in [4.69, 9.17) is 22.1 Å². The summed E-state index contributed by atoms with van der Waals surface area (Å²) in [6.45, 7) is 1.27. The van der Waals surface area contributed by atoms with Crippen molar-refractivity contribution in [3.8, 4) is 5.75 Å². The molecule has 2 aromatic rings. The van der Waals surface area contributed by atoms with Crippen molar-refractivity contribution < 1.29 is 4.74 Å². The molecule has 0 aliphatic carbocycles. The summed E-state index contributed by atoms with van der Waals surface area (Å²) >= 11 is 5.85. The van der Waals surface area contributed by atoms with E-state index in [1.54, 1.807) is 24.2 Å². The van der Waals surface area contributed by atoms with Gasteiger partial charge in [0.1, 0.15) is 5.75 Å². The molecule has 0 amide bonds. The van der Waals surface area contributed by atoms with Crippen molar-refractivity contribution in [1.82, 2.24) is 9.78 Å². The Morgan fingerprint density at radius 3 is 2.89 bits per heavy atom. The Balaban J connectivity index is 2.26. The number of hydrogen-bond acceptors (Lipinski definition) is 3. The largest absolute Gasteiger partial charge is 0.496 e. The molecule has 0 bridgehead atoms. The third-order valence-electron chi connectivity index (χ3n) is 2.71. The number of ether oxygens (including phenoxy) is 1. The van der Waals surface area contributed by atoms with Crippen LogP contribution in [0.25, 0.3) is 0 Å². The van der Waals surface area contributed by atoms with Crippen molar-refractivity contribution in [2.24, 2.45) is 5.73 Å². The van der Waals surface area contributed by atoms with Gasteiger partial charge in [0.25, 0.3) is 0 Å². The minimum Gasteiger partial charge on any atom is -0.496 e. The van der Waals surface area contributed by atoms with Crippen molar-refractivity contribution in [3.63, 3.8) is 0 Å². The molecule has 1 aromatic carbocycles. The van der Waals surface area contributed by atoms with Crippen molar-refractivity contribution in [2.75, 3.05) is 13.7 Å². The summed E-state index contributed by atoms with van der Waals surface area (Å²) in [4.78, 5) is 0. The highest BCUT2D eigenvalue weighted by Crippen LogP contribution is 2.21. The third kappa shape index (κ3) is 3.03. The Morgan fingerprint density at radius 1 is 1.44 bits per heavy atom. The molecule has 1 aromatic heterocycles. The van der Waals surface area contributed by atoms with E-state index in [9.17, 15) is 0 Å². The Bertz CT molecular complexity index is 525. The van der Waals surface area contributed by atoms with E-state index in [1.807, 2.05) is 12.1 Å². The molecule has 0 spiro atoms. The van der Waals surface area contributed by atoms with Gasteiger partial charge in [0.2, 0.25) is 0 Å². The van der Waals surface area contributed by atoms with Crippen LogP contribution in [-0.2, 0) is 13.0 Å². The molecule has 0 saturated carbocycles.